The molecule has 7 heteroatoms. The molecule has 1 aromatic heterocycles. The van der Waals surface area contributed by atoms with Gasteiger partial charge in [0.25, 0.3) is 0 Å². The van der Waals surface area contributed by atoms with Crippen LogP contribution in [0.3, 0.4) is 0 Å². The molecule has 3 rings (SSSR count). The minimum absolute atomic E-state index is 0.0305. The first-order chi connectivity index (χ1) is 13.0. The molecule has 0 radical (unpaired) electrons. The monoisotopic (exact) mass is 372 g/mol. The van der Waals surface area contributed by atoms with Crippen molar-refractivity contribution < 1.29 is 23.5 Å². The minimum atomic E-state index is -0.353. The molecule has 1 aliphatic heterocycles. The Labute approximate surface area is 158 Å². The van der Waals surface area contributed by atoms with Gasteiger partial charge in [0.1, 0.15) is 5.76 Å². The van der Waals surface area contributed by atoms with Crippen molar-refractivity contribution in [3.05, 3.63) is 47.9 Å². The Kier molecular flexibility index (Phi) is 5.69. The third kappa shape index (κ3) is 4.07. The second-order valence-electron chi connectivity index (χ2n) is 6.60. The first-order valence-electron chi connectivity index (χ1n) is 8.78. The number of nitrogens with zero attached hydrogens (tertiary/aromatic N) is 2. The number of furan rings is 1. The number of hydrogen-bond acceptors (Lipinski definition) is 5. The maximum atomic E-state index is 12.8. The summed E-state index contributed by atoms with van der Waals surface area (Å²) >= 11 is 0. The molecule has 0 unspecified atom stereocenters. The van der Waals surface area contributed by atoms with Crippen molar-refractivity contribution in [2.75, 3.05) is 27.8 Å². The molecule has 1 atom stereocenters. The standard InChI is InChI=1S/C20H24N2O5/c1-21(11-14-6-4-8-17(25-2)19(14)26-3)20(24)15-10-18(23)22(12-15)13-16-7-5-9-27-16/h4-9,15H,10-13H2,1-3H3/t15-/m1/s1. The zero-order valence-corrected chi connectivity index (χ0v) is 15.8. The molecule has 1 aliphatic rings. The fourth-order valence-electron chi connectivity index (χ4n) is 3.40. The first kappa shape index (κ1) is 18.8. The molecular formula is C20H24N2O5. The molecule has 144 valence electrons. The number of rotatable bonds is 7. The van der Waals surface area contributed by atoms with Gasteiger partial charge >= 0.3 is 0 Å². The SMILES string of the molecule is COc1cccc(CN(C)C(=O)[C@@H]2CC(=O)N(Cc3ccco3)C2)c1OC. The first-order valence-corrected chi connectivity index (χ1v) is 8.78. The Morgan fingerprint density at radius 2 is 2.07 bits per heavy atom. The van der Waals surface area contributed by atoms with Gasteiger partial charge in [0, 0.05) is 32.1 Å². The van der Waals surface area contributed by atoms with Gasteiger partial charge in [-0.2, -0.15) is 0 Å². The summed E-state index contributed by atoms with van der Waals surface area (Å²) in [7, 11) is 4.89. The Morgan fingerprint density at radius 1 is 1.26 bits per heavy atom. The van der Waals surface area contributed by atoms with E-state index in [0.717, 1.165) is 5.56 Å². The summed E-state index contributed by atoms with van der Waals surface area (Å²) in [4.78, 5) is 28.4. The molecule has 0 N–H and O–H groups in total. The molecule has 1 aromatic carbocycles. The lowest BCUT2D eigenvalue weighted by Gasteiger charge is -2.23. The summed E-state index contributed by atoms with van der Waals surface area (Å²) in [5.74, 6) is 1.50. The van der Waals surface area contributed by atoms with Crippen molar-refractivity contribution in [1.29, 1.82) is 0 Å². The van der Waals surface area contributed by atoms with Gasteiger partial charge in [-0.25, -0.2) is 0 Å². The fourth-order valence-corrected chi connectivity index (χ4v) is 3.40. The average molecular weight is 372 g/mol. The van der Waals surface area contributed by atoms with Crippen LogP contribution in [0.15, 0.2) is 41.0 Å². The van der Waals surface area contributed by atoms with Gasteiger partial charge in [0.15, 0.2) is 11.5 Å². The van der Waals surface area contributed by atoms with Crippen molar-refractivity contribution in [3.8, 4) is 11.5 Å². The van der Waals surface area contributed by atoms with Crippen molar-refractivity contribution >= 4 is 11.8 Å². The van der Waals surface area contributed by atoms with E-state index in [1.165, 1.54) is 0 Å². The van der Waals surface area contributed by atoms with Crippen molar-refractivity contribution in [2.24, 2.45) is 5.92 Å². The van der Waals surface area contributed by atoms with Crippen LogP contribution < -0.4 is 9.47 Å². The molecule has 0 bridgehead atoms. The molecule has 2 amide bonds. The smallest absolute Gasteiger partial charge is 0.228 e. The van der Waals surface area contributed by atoms with E-state index in [2.05, 4.69) is 0 Å². The summed E-state index contributed by atoms with van der Waals surface area (Å²) in [6.07, 6.45) is 1.80. The van der Waals surface area contributed by atoms with E-state index >= 15 is 0 Å². The van der Waals surface area contributed by atoms with Crippen LogP contribution >= 0.6 is 0 Å². The number of carbonyl (C=O) groups is 2. The average Bonchev–Trinajstić information content (AvgIpc) is 3.31. The predicted molar refractivity (Wildman–Crippen MR) is 98.3 cm³/mol. The van der Waals surface area contributed by atoms with Crippen LogP contribution in [0.2, 0.25) is 0 Å². The Hall–Kier alpha value is -2.96. The topological polar surface area (TPSA) is 72.2 Å². The van der Waals surface area contributed by atoms with E-state index in [4.69, 9.17) is 13.9 Å². The number of likely N-dealkylation sites (tertiary alicyclic amines) is 1. The quantitative estimate of drug-likeness (QED) is 0.746. The number of benzene rings is 1. The van der Waals surface area contributed by atoms with E-state index in [1.54, 1.807) is 43.4 Å². The Morgan fingerprint density at radius 3 is 2.74 bits per heavy atom. The number of ether oxygens (including phenoxy) is 2. The highest BCUT2D eigenvalue weighted by molar-refractivity contribution is 5.89. The summed E-state index contributed by atoms with van der Waals surface area (Å²) < 4.78 is 16.0. The third-order valence-corrected chi connectivity index (χ3v) is 4.76. The third-order valence-electron chi connectivity index (χ3n) is 4.76. The van der Waals surface area contributed by atoms with Crippen molar-refractivity contribution in [1.82, 2.24) is 9.80 Å². The van der Waals surface area contributed by atoms with E-state index in [9.17, 15) is 9.59 Å². The van der Waals surface area contributed by atoms with Gasteiger partial charge < -0.3 is 23.7 Å². The highest BCUT2D eigenvalue weighted by Crippen LogP contribution is 2.32. The van der Waals surface area contributed by atoms with Crippen LogP contribution in [0.1, 0.15) is 17.7 Å². The van der Waals surface area contributed by atoms with Crippen LogP contribution in [0.4, 0.5) is 0 Å². The number of amides is 2. The molecule has 1 saturated heterocycles. The van der Waals surface area contributed by atoms with Gasteiger partial charge in [-0.15, -0.1) is 0 Å². The summed E-state index contributed by atoms with van der Waals surface area (Å²) in [6, 6.07) is 9.18. The maximum absolute atomic E-state index is 12.8. The van der Waals surface area contributed by atoms with E-state index in [0.29, 0.717) is 36.9 Å². The molecular weight excluding hydrogens is 348 g/mol. The second kappa shape index (κ2) is 8.16. The van der Waals surface area contributed by atoms with Gasteiger partial charge in [0.05, 0.1) is 32.9 Å². The lowest BCUT2D eigenvalue weighted by Crippen LogP contribution is -2.34. The van der Waals surface area contributed by atoms with Gasteiger partial charge in [-0.05, 0) is 18.2 Å². The Balaban J connectivity index is 1.65. The van der Waals surface area contributed by atoms with Gasteiger partial charge in [0.2, 0.25) is 11.8 Å². The molecule has 2 heterocycles. The van der Waals surface area contributed by atoms with Crippen LogP contribution in [0, 0.1) is 5.92 Å². The summed E-state index contributed by atoms with van der Waals surface area (Å²) in [5, 5.41) is 0. The largest absolute Gasteiger partial charge is 0.493 e. The van der Waals surface area contributed by atoms with Crippen LogP contribution in [-0.2, 0) is 22.7 Å². The molecule has 0 aliphatic carbocycles. The lowest BCUT2D eigenvalue weighted by molar-refractivity contribution is -0.135. The molecule has 2 aromatic rings. The summed E-state index contributed by atoms with van der Waals surface area (Å²) in [5.41, 5.74) is 0.851. The molecule has 0 saturated carbocycles. The number of methoxy groups -OCH3 is 2. The minimum Gasteiger partial charge on any atom is -0.493 e. The zero-order chi connectivity index (χ0) is 19.4. The normalized spacial score (nSPS) is 16.5. The van der Waals surface area contributed by atoms with Crippen molar-refractivity contribution in [2.45, 2.75) is 19.5 Å². The predicted octanol–water partition coefficient (Wildman–Crippen LogP) is 2.30. The molecule has 7 nitrogen and oxygen atoms in total. The summed E-state index contributed by atoms with van der Waals surface area (Å²) in [6.45, 7) is 1.17. The van der Waals surface area contributed by atoms with Gasteiger partial charge in [-0.3, -0.25) is 9.59 Å². The Bertz CT molecular complexity index is 803. The molecule has 1 fully saturated rings. The van der Waals surface area contributed by atoms with Gasteiger partial charge in [-0.1, -0.05) is 12.1 Å². The van der Waals surface area contributed by atoms with Crippen molar-refractivity contribution in [3.63, 3.8) is 0 Å². The molecule has 27 heavy (non-hydrogen) atoms. The van der Waals surface area contributed by atoms with Crippen LogP contribution in [0.5, 0.6) is 11.5 Å². The van der Waals surface area contributed by atoms with Crippen LogP contribution in [-0.4, -0.2) is 49.4 Å². The van der Waals surface area contributed by atoms with Crippen LogP contribution in [0.25, 0.3) is 0 Å². The van der Waals surface area contributed by atoms with E-state index < -0.39 is 0 Å². The fraction of sp³-hybridized carbons (Fsp3) is 0.400. The highest BCUT2D eigenvalue weighted by Gasteiger charge is 2.36. The highest BCUT2D eigenvalue weighted by atomic mass is 16.5. The molecule has 0 spiro atoms. The van der Waals surface area contributed by atoms with E-state index in [1.807, 2.05) is 24.3 Å². The lowest BCUT2D eigenvalue weighted by atomic mass is 10.1. The zero-order valence-electron chi connectivity index (χ0n) is 15.8. The van der Waals surface area contributed by atoms with E-state index in [-0.39, 0.29) is 24.2 Å². The second-order valence-corrected chi connectivity index (χ2v) is 6.60. The maximum Gasteiger partial charge on any atom is 0.228 e. The number of hydrogen-bond donors (Lipinski definition) is 0. The number of carbonyl (C=O) groups excluding carboxylic acids is 2. The number of para-hydroxylation sites is 1.